The Morgan fingerprint density at radius 3 is 2.57 bits per heavy atom. The van der Waals surface area contributed by atoms with E-state index in [1.807, 2.05) is 12.1 Å². The summed E-state index contributed by atoms with van der Waals surface area (Å²) < 4.78 is 5.94. The fourth-order valence-corrected chi connectivity index (χ4v) is 3.91. The van der Waals surface area contributed by atoms with E-state index in [0.717, 1.165) is 63.6 Å². The van der Waals surface area contributed by atoms with Crippen LogP contribution in [0, 0.1) is 6.92 Å². The number of anilines is 2. The Kier molecular flexibility index (Phi) is 5.81. The maximum atomic E-state index is 11.4. The summed E-state index contributed by atoms with van der Waals surface area (Å²) in [4.78, 5) is 16.4. The number of carbonyl (C=O) groups excluding carboxylic acids is 1. The SMILES string of the molecule is Cc1ccc(N2CCN(CCCOc3ccc4c(c3)CCC(=O)N4)CC2)cc1. The molecule has 0 saturated carbocycles. The molecule has 2 aliphatic heterocycles. The maximum Gasteiger partial charge on any atom is 0.224 e. The number of fused-ring (bicyclic) bond motifs is 1. The normalized spacial score (nSPS) is 17.2. The third-order valence-electron chi connectivity index (χ3n) is 5.63. The van der Waals surface area contributed by atoms with Crippen LogP contribution >= 0.6 is 0 Å². The smallest absolute Gasteiger partial charge is 0.224 e. The second kappa shape index (κ2) is 8.65. The lowest BCUT2D eigenvalue weighted by molar-refractivity contribution is -0.116. The van der Waals surface area contributed by atoms with Crippen molar-refractivity contribution in [2.75, 3.05) is 49.5 Å². The molecule has 2 aromatic carbocycles. The van der Waals surface area contributed by atoms with Crippen molar-refractivity contribution in [3.05, 3.63) is 53.6 Å². The summed E-state index contributed by atoms with van der Waals surface area (Å²) in [5.74, 6) is 1.00. The highest BCUT2D eigenvalue weighted by atomic mass is 16.5. The maximum absolute atomic E-state index is 11.4. The number of hydrogen-bond acceptors (Lipinski definition) is 4. The van der Waals surface area contributed by atoms with Gasteiger partial charge in [0.1, 0.15) is 5.75 Å². The molecule has 0 atom stereocenters. The number of nitrogens with one attached hydrogen (secondary N) is 1. The number of carbonyl (C=O) groups is 1. The minimum atomic E-state index is 0.101. The van der Waals surface area contributed by atoms with E-state index in [1.165, 1.54) is 16.8 Å². The molecule has 0 radical (unpaired) electrons. The number of aryl methyl sites for hydroxylation is 2. The highest BCUT2D eigenvalue weighted by molar-refractivity contribution is 5.93. The average Bonchev–Trinajstić information content (AvgIpc) is 2.72. The van der Waals surface area contributed by atoms with Crippen molar-refractivity contribution < 1.29 is 9.53 Å². The Labute approximate surface area is 167 Å². The van der Waals surface area contributed by atoms with Crippen LogP contribution in [0.15, 0.2) is 42.5 Å². The first-order valence-corrected chi connectivity index (χ1v) is 10.3. The quantitative estimate of drug-likeness (QED) is 0.781. The van der Waals surface area contributed by atoms with Crippen LogP contribution in [0.2, 0.25) is 0 Å². The van der Waals surface area contributed by atoms with E-state index in [1.54, 1.807) is 0 Å². The number of rotatable bonds is 6. The monoisotopic (exact) mass is 379 g/mol. The van der Waals surface area contributed by atoms with Gasteiger partial charge in [-0.25, -0.2) is 0 Å². The number of benzene rings is 2. The molecule has 148 valence electrons. The molecule has 1 N–H and O–H groups in total. The molecule has 28 heavy (non-hydrogen) atoms. The molecule has 2 heterocycles. The number of hydrogen-bond donors (Lipinski definition) is 1. The van der Waals surface area contributed by atoms with Crippen molar-refractivity contribution in [3.63, 3.8) is 0 Å². The van der Waals surface area contributed by atoms with Gasteiger partial charge in [-0.1, -0.05) is 17.7 Å². The van der Waals surface area contributed by atoms with Crippen LogP contribution in [0.4, 0.5) is 11.4 Å². The van der Waals surface area contributed by atoms with Crippen molar-refractivity contribution in [1.82, 2.24) is 4.90 Å². The second-order valence-corrected chi connectivity index (χ2v) is 7.73. The zero-order valence-electron chi connectivity index (χ0n) is 16.6. The van der Waals surface area contributed by atoms with Gasteiger partial charge in [-0.2, -0.15) is 0 Å². The Morgan fingerprint density at radius 1 is 1.00 bits per heavy atom. The molecule has 1 amide bonds. The Hall–Kier alpha value is -2.53. The van der Waals surface area contributed by atoms with Crippen molar-refractivity contribution in [2.45, 2.75) is 26.2 Å². The molecular formula is C23H29N3O2. The summed E-state index contributed by atoms with van der Waals surface area (Å²) in [5.41, 5.74) is 4.74. The Bertz CT molecular complexity index is 811. The molecule has 0 unspecified atom stereocenters. The molecule has 4 rings (SSSR count). The first kappa shape index (κ1) is 18.8. The largest absolute Gasteiger partial charge is 0.494 e. The van der Waals surface area contributed by atoms with Gasteiger partial charge in [0.2, 0.25) is 5.91 Å². The average molecular weight is 380 g/mol. The lowest BCUT2D eigenvalue weighted by Gasteiger charge is -2.36. The predicted molar refractivity (Wildman–Crippen MR) is 113 cm³/mol. The summed E-state index contributed by atoms with van der Waals surface area (Å²) in [7, 11) is 0. The minimum absolute atomic E-state index is 0.101. The summed E-state index contributed by atoms with van der Waals surface area (Å²) in [6.45, 7) is 8.30. The van der Waals surface area contributed by atoms with Gasteiger partial charge in [0.15, 0.2) is 0 Å². The molecule has 0 spiro atoms. The topological polar surface area (TPSA) is 44.8 Å². The van der Waals surface area contributed by atoms with Crippen LogP contribution < -0.4 is 15.0 Å². The third-order valence-corrected chi connectivity index (χ3v) is 5.63. The van der Waals surface area contributed by atoms with E-state index in [0.29, 0.717) is 6.42 Å². The van der Waals surface area contributed by atoms with E-state index >= 15 is 0 Å². The van der Waals surface area contributed by atoms with Crippen LogP contribution in [-0.2, 0) is 11.2 Å². The van der Waals surface area contributed by atoms with Crippen molar-refractivity contribution in [1.29, 1.82) is 0 Å². The van der Waals surface area contributed by atoms with Crippen LogP contribution in [0.3, 0.4) is 0 Å². The van der Waals surface area contributed by atoms with Gasteiger partial charge in [0.05, 0.1) is 6.61 Å². The molecule has 5 heteroatoms. The molecule has 5 nitrogen and oxygen atoms in total. The van der Waals surface area contributed by atoms with Crippen LogP contribution in [-0.4, -0.2) is 50.1 Å². The number of ether oxygens (including phenoxy) is 1. The van der Waals surface area contributed by atoms with Gasteiger partial charge in [-0.05, 0) is 55.7 Å². The number of piperazine rings is 1. The molecule has 1 fully saturated rings. The van der Waals surface area contributed by atoms with Gasteiger partial charge < -0.3 is 15.0 Å². The zero-order valence-corrected chi connectivity index (χ0v) is 16.6. The van der Waals surface area contributed by atoms with Crippen molar-refractivity contribution in [2.24, 2.45) is 0 Å². The van der Waals surface area contributed by atoms with E-state index in [4.69, 9.17) is 4.74 Å². The molecule has 2 aliphatic rings. The van der Waals surface area contributed by atoms with E-state index in [9.17, 15) is 4.79 Å². The predicted octanol–water partition coefficient (Wildman–Crippen LogP) is 3.47. The second-order valence-electron chi connectivity index (χ2n) is 7.73. The molecule has 1 saturated heterocycles. The highest BCUT2D eigenvalue weighted by Gasteiger charge is 2.17. The molecule has 2 aromatic rings. The van der Waals surface area contributed by atoms with Gasteiger partial charge in [0, 0.05) is 50.5 Å². The fraction of sp³-hybridized carbons (Fsp3) is 0.435. The van der Waals surface area contributed by atoms with Crippen LogP contribution in [0.25, 0.3) is 0 Å². The van der Waals surface area contributed by atoms with E-state index < -0.39 is 0 Å². The van der Waals surface area contributed by atoms with Crippen LogP contribution in [0.5, 0.6) is 5.75 Å². The molecular weight excluding hydrogens is 350 g/mol. The summed E-state index contributed by atoms with van der Waals surface area (Å²) in [6, 6.07) is 14.8. The first-order valence-electron chi connectivity index (χ1n) is 10.3. The van der Waals surface area contributed by atoms with Crippen molar-refractivity contribution >= 4 is 17.3 Å². The van der Waals surface area contributed by atoms with Crippen molar-refractivity contribution in [3.8, 4) is 5.75 Å². The van der Waals surface area contributed by atoms with Gasteiger partial charge in [-0.15, -0.1) is 0 Å². The minimum Gasteiger partial charge on any atom is -0.494 e. The number of nitrogens with zero attached hydrogens (tertiary/aromatic N) is 2. The van der Waals surface area contributed by atoms with Crippen LogP contribution in [0.1, 0.15) is 24.0 Å². The lowest BCUT2D eigenvalue weighted by Crippen LogP contribution is -2.46. The standard InChI is InChI=1S/C23H29N3O2/c1-18-3-6-20(7-4-18)26-14-12-25(13-15-26)11-2-16-28-21-8-9-22-19(17-21)5-10-23(27)24-22/h3-4,6-9,17H,2,5,10-16H2,1H3,(H,24,27). The fourth-order valence-electron chi connectivity index (χ4n) is 3.91. The van der Waals surface area contributed by atoms with Gasteiger partial charge in [-0.3, -0.25) is 9.69 Å². The Morgan fingerprint density at radius 2 is 1.79 bits per heavy atom. The third kappa shape index (κ3) is 4.65. The van der Waals surface area contributed by atoms with Gasteiger partial charge >= 0.3 is 0 Å². The summed E-state index contributed by atoms with van der Waals surface area (Å²) in [5, 5.41) is 2.91. The Balaban J connectivity index is 1.17. The van der Waals surface area contributed by atoms with E-state index in [2.05, 4.69) is 52.4 Å². The molecule has 0 bridgehead atoms. The number of amides is 1. The summed E-state index contributed by atoms with van der Waals surface area (Å²) in [6.07, 6.45) is 2.38. The molecule has 0 aliphatic carbocycles. The van der Waals surface area contributed by atoms with E-state index in [-0.39, 0.29) is 5.91 Å². The zero-order chi connectivity index (χ0) is 19.3. The van der Waals surface area contributed by atoms with Gasteiger partial charge in [0.25, 0.3) is 0 Å². The molecule has 0 aromatic heterocycles. The summed E-state index contributed by atoms with van der Waals surface area (Å²) >= 11 is 0. The highest BCUT2D eigenvalue weighted by Crippen LogP contribution is 2.26. The lowest BCUT2D eigenvalue weighted by atomic mass is 10.0. The first-order chi connectivity index (χ1) is 13.7.